The normalized spacial score (nSPS) is 15.8. The molecule has 0 bridgehead atoms. The number of rotatable bonds is 6. The fraction of sp³-hybridized carbons (Fsp3) is 0.263. The molecule has 0 spiro atoms. The Labute approximate surface area is 183 Å². The Kier molecular flexibility index (Phi) is 6.05. The Balaban J connectivity index is 1.60. The van der Waals surface area contributed by atoms with Crippen LogP contribution < -0.4 is 0 Å². The van der Waals surface area contributed by atoms with Crippen molar-refractivity contribution >= 4 is 27.5 Å². The summed E-state index contributed by atoms with van der Waals surface area (Å²) in [6.07, 6.45) is 0. The van der Waals surface area contributed by atoms with Gasteiger partial charge in [-0.05, 0) is 43.1 Å². The highest BCUT2D eigenvalue weighted by atomic mass is 32.2. The highest BCUT2D eigenvalue weighted by Crippen LogP contribution is 2.37. The van der Waals surface area contributed by atoms with Crippen LogP contribution in [0.25, 0.3) is 11.5 Å². The Morgan fingerprint density at radius 3 is 2.45 bits per heavy atom. The number of nitro groups is 1. The molecular formula is C19H19N5O5S2. The van der Waals surface area contributed by atoms with Gasteiger partial charge in [0, 0.05) is 37.8 Å². The van der Waals surface area contributed by atoms with Crippen molar-refractivity contribution in [2.24, 2.45) is 0 Å². The molecule has 12 heteroatoms. The minimum atomic E-state index is -3.82. The van der Waals surface area contributed by atoms with Gasteiger partial charge in [-0.2, -0.15) is 4.31 Å². The second kappa shape index (κ2) is 8.75. The van der Waals surface area contributed by atoms with E-state index in [1.54, 1.807) is 0 Å². The molecule has 10 nitrogen and oxygen atoms in total. The molecule has 1 fully saturated rings. The first-order valence-electron chi connectivity index (χ1n) is 9.38. The van der Waals surface area contributed by atoms with Crippen LogP contribution in [0.4, 0.5) is 5.69 Å². The van der Waals surface area contributed by atoms with Gasteiger partial charge in [-0.15, -0.1) is 10.2 Å². The lowest BCUT2D eigenvalue weighted by Crippen LogP contribution is -2.47. The molecule has 2 aromatic carbocycles. The fourth-order valence-electron chi connectivity index (χ4n) is 3.11. The molecular weight excluding hydrogens is 442 g/mol. The number of benzene rings is 2. The van der Waals surface area contributed by atoms with Gasteiger partial charge in [-0.1, -0.05) is 18.2 Å². The summed E-state index contributed by atoms with van der Waals surface area (Å²) in [6, 6.07) is 13.0. The summed E-state index contributed by atoms with van der Waals surface area (Å²) < 4.78 is 32.8. The number of piperazine rings is 1. The molecule has 1 aromatic heterocycles. The summed E-state index contributed by atoms with van der Waals surface area (Å²) >= 11 is 0.916. The third kappa shape index (κ3) is 4.61. The van der Waals surface area contributed by atoms with Gasteiger partial charge < -0.3 is 9.32 Å². The summed E-state index contributed by atoms with van der Waals surface area (Å²) in [5.41, 5.74) is 0.393. The summed E-state index contributed by atoms with van der Waals surface area (Å²) in [4.78, 5) is 13.2. The van der Waals surface area contributed by atoms with Crippen molar-refractivity contribution < 1.29 is 17.8 Å². The van der Waals surface area contributed by atoms with E-state index in [2.05, 4.69) is 10.2 Å². The molecule has 0 saturated carbocycles. The van der Waals surface area contributed by atoms with Crippen LogP contribution in [-0.2, 0) is 10.0 Å². The Bertz CT molecular complexity index is 1190. The van der Waals surface area contributed by atoms with Crippen LogP contribution in [0.15, 0.2) is 68.0 Å². The zero-order chi connectivity index (χ0) is 22.0. The van der Waals surface area contributed by atoms with Gasteiger partial charge in [-0.3, -0.25) is 10.1 Å². The lowest BCUT2D eigenvalue weighted by Gasteiger charge is -2.31. The van der Waals surface area contributed by atoms with Crippen molar-refractivity contribution in [2.75, 3.05) is 33.2 Å². The van der Waals surface area contributed by atoms with E-state index in [1.165, 1.54) is 16.4 Å². The van der Waals surface area contributed by atoms with Gasteiger partial charge >= 0.3 is 0 Å². The number of nitrogens with zero attached hydrogens (tertiary/aromatic N) is 5. The molecule has 4 rings (SSSR count). The van der Waals surface area contributed by atoms with Crippen LogP contribution in [0.1, 0.15) is 0 Å². The van der Waals surface area contributed by atoms with Crippen LogP contribution in [0.2, 0.25) is 0 Å². The highest BCUT2D eigenvalue weighted by molar-refractivity contribution is 7.99. The van der Waals surface area contributed by atoms with E-state index >= 15 is 0 Å². The summed E-state index contributed by atoms with van der Waals surface area (Å²) in [5.74, 6) is 0.292. The number of likely N-dealkylation sites (N-methyl/N-ethyl adjacent to an activating group) is 1. The first-order valence-corrected chi connectivity index (χ1v) is 11.6. The number of aromatic nitrogens is 2. The van der Waals surface area contributed by atoms with Crippen molar-refractivity contribution in [3.05, 3.63) is 58.6 Å². The highest BCUT2D eigenvalue weighted by Gasteiger charge is 2.30. The first-order chi connectivity index (χ1) is 14.8. The van der Waals surface area contributed by atoms with Gasteiger partial charge in [0.1, 0.15) is 0 Å². The lowest BCUT2D eigenvalue weighted by molar-refractivity contribution is -0.388. The second-order valence-corrected chi connectivity index (χ2v) is 9.87. The molecule has 0 amide bonds. The van der Waals surface area contributed by atoms with Crippen molar-refractivity contribution in [3.8, 4) is 11.5 Å². The molecule has 3 aromatic rings. The number of hydrogen-bond acceptors (Lipinski definition) is 9. The van der Waals surface area contributed by atoms with E-state index in [0.29, 0.717) is 32.1 Å². The molecule has 2 heterocycles. The van der Waals surface area contributed by atoms with E-state index in [1.807, 2.05) is 42.3 Å². The third-order valence-corrected chi connectivity index (χ3v) is 7.65. The lowest BCUT2D eigenvalue weighted by atomic mass is 10.2. The Morgan fingerprint density at radius 1 is 1.06 bits per heavy atom. The Morgan fingerprint density at radius 2 is 1.77 bits per heavy atom. The maximum absolute atomic E-state index is 12.9. The number of sulfonamides is 1. The van der Waals surface area contributed by atoms with E-state index in [0.717, 1.165) is 23.4 Å². The molecule has 162 valence electrons. The molecule has 1 aliphatic heterocycles. The summed E-state index contributed by atoms with van der Waals surface area (Å²) in [7, 11) is -1.90. The van der Waals surface area contributed by atoms with Gasteiger partial charge in [0.15, 0.2) is 0 Å². The molecule has 0 aliphatic carbocycles. The van der Waals surface area contributed by atoms with E-state index in [9.17, 15) is 18.5 Å². The SMILES string of the molecule is CN1CCN(S(=O)(=O)c2ccc(Sc3nnc(-c4ccccc4)o3)c([N+](=O)[O-])c2)CC1. The van der Waals surface area contributed by atoms with Gasteiger partial charge in [-0.25, -0.2) is 8.42 Å². The first kappa shape index (κ1) is 21.4. The summed E-state index contributed by atoms with van der Waals surface area (Å²) in [5, 5.41) is 19.7. The van der Waals surface area contributed by atoms with Crippen LogP contribution >= 0.6 is 11.8 Å². The monoisotopic (exact) mass is 461 g/mol. The average molecular weight is 462 g/mol. The van der Waals surface area contributed by atoms with Crippen molar-refractivity contribution in [1.82, 2.24) is 19.4 Å². The maximum atomic E-state index is 12.9. The van der Waals surface area contributed by atoms with Crippen LogP contribution in [0.5, 0.6) is 0 Å². The van der Waals surface area contributed by atoms with Gasteiger partial charge in [0.2, 0.25) is 15.9 Å². The van der Waals surface area contributed by atoms with Crippen LogP contribution in [-0.4, -0.2) is 66.0 Å². The zero-order valence-electron chi connectivity index (χ0n) is 16.5. The maximum Gasteiger partial charge on any atom is 0.284 e. The Hall–Kier alpha value is -2.80. The van der Waals surface area contributed by atoms with Crippen molar-refractivity contribution in [3.63, 3.8) is 0 Å². The van der Waals surface area contributed by atoms with Crippen LogP contribution in [0.3, 0.4) is 0 Å². The predicted octanol–water partition coefficient (Wildman–Crippen LogP) is 2.73. The second-order valence-electron chi connectivity index (χ2n) is 6.94. The van der Waals surface area contributed by atoms with E-state index in [4.69, 9.17) is 4.42 Å². The summed E-state index contributed by atoms with van der Waals surface area (Å²) in [6.45, 7) is 1.90. The predicted molar refractivity (Wildman–Crippen MR) is 113 cm³/mol. The molecule has 1 saturated heterocycles. The number of hydrogen-bond donors (Lipinski definition) is 0. The third-order valence-electron chi connectivity index (χ3n) is 4.85. The standard InChI is InChI=1S/C19H19N5O5S2/c1-22-9-11-23(12-10-22)31(27,28)15-7-8-17(16(13-15)24(25)26)30-19-21-20-18(29-19)14-5-3-2-4-6-14/h2-8,13H,9-12H2,1H3. The largest absolute Gasteiger partial charge is 0.411 e. The topological polar surface area (TPSA) is 123 Å². The van der Waals surface area contributed by atoms with Crippen LogP contribution in [0, 0.1) is 10.1 Å². The molecule has 0 unspecified atom stereocenters. The average Bonchev–Trinajstić information content (AvgIpc) is 3.23. The van der Waals surface area contributed by atoms with E-state index in [-0.39, 0.29) is 20.7 Å². The molecule has 31 heavy (non-hydrogen) atoms. The van der Waals surface area contributed by atoms with Gasteiger partial charge in [0.25, 0.3) is 10.9 Å². The minimum absolute atomic E-state index is 0.108. The zero-order valence-corrected chi connectivity index (χ0v) is 18.2. The number of nitro benzene ring substituents is 1. The van der Waals surface area contributed by atoms with Crippen molar-refractivity contribution in [2.45, 2.75) is 15.0 Å². The molecule has 0 N–H and O–H groups in total. The molecule has 0 atom stereocenters. The quantitative estimate of drug-likeness (QED) is 0.403. The van der Waals surface area contributed by atoms with Gasteiger partial charge in [0.05, 0.1) is 14.7 Å². The molecule has 1 aliphatic rings. The van der Waals surface area contributed by atoms with Crippen molar-refractivity contribution in [1.29, 1.82) is 0 Å². The fourth-order valence-corrected chi connectivity index (χ4v) is 5.31. The minimum Gasteiger partial charge on any atom is -0.411 e. The smallest absolute Gasteiger partial charge is 0.284 e. The molecule has 0 radical (unpaired) electrons. The van der Waals surface area contributed by atoms with E-state index < -0.39 is 14.9 Å².